The summed E-state index contributed by atoms with van der Waals surface area (Å²) in [7, 11) is 0. The molecular formula is C18H23ClN4. The lowest BCUT2D eigenvalue weighted by atomic mass is 10.2. The maximum atomic E-state index is 6.03. The zero-order valence-corrected chi connectivity index (χ0v) is 14.5. The smallest absolute Gasteiger partial charge is 0.227 e. The van der Waals surface area contributed by atoms with Gasteiger partial charge in [-0.1, -0.05) is 24.4 Å². The number of aryl methyl sites for hydroxylation is 2. The van der Waals surface area contributed by atoms with Crippen LogP contribution in [0.5, 0.6) is 0 Å². The maximum absolute atomic E-state index is 6.03. The molecule has 0 atom stereocenters. The first-order chi connectivity index (χ1) is 11.1. The maximum Gasteiger partial charge on any atom is 0.227 e. The molecule has 1 fully saturated rings. The van der Waals surface area contributed by atoms with Crippen LogP contribution in [0.1, 0.15) is 36.9 Å². The molecule has 2 heterocycles. The summed E-state index contributed by atoms with van der Waals surface area (Å²) in [4.78, 5) is 11.7. The van der Waals surface area contributed by atoms with Crippen molar-refractivity contribution in [1.82, 2.24) is 9.97 Å². The molecule has 1 saturated heterocycles. The van der Waals surface area contributed by atoms with Crippen molar-refractivity contribution < 1.29 is 0 Å². The van der Waals surface area contributed by atoms with Gasteiger partial charge in [0.1, 0.15) is 5.82 Å². The number of nitrogens with one attached hydrogen (secondary N) is 1. The van der Waals surface area contributed by atoms with Crippen LogP contribution in [0.3, 0.4) is 0 Å². The summed E-state index contributed by atoms with van der Waals surface area (Å²) >= 11 is 6.03. The van der Waals surface area contributed by atoms with Gasteiger partial charge in [0.2, 0.25) is 5.95 Å². The Morgan fingerprint density at radius 3 is 2.43 bits per heavy atom. The second-order valence-electron chi connectivity index (χ2n) is 6.18. The van der Waals surface area contributed by atoms with Crippen LogP contribution in [0, 0.1) is 13.8 Å². The molecule has 2 aromatic rings. The largest absolute Gasteiger partial charge is 0.341 e. The minimum atomic E-state index is 0.747. The molecule has 23 heavy (non-hydrogen) atoms. The lowest BCUT2D eigenvalue weighted by Gasteiger charge is -2.21. The predicted octanol–water partition coefficient (Wildman–Crippen LogP) is 4.87. The Balaban J connectivity index is 1.84. The quantitative estimate of drug-likeness (QED) is 0.871. The lowest BCUT2D eigenvalue weighted by Crippen LogP contribution is -2.26. The van der Waals surface area contributed by atoms with Crippen molar-refractivity contribution in [3.8, 4) is 0 Å². The van der Waals surface area contributed by atoms with Gasteiger partial charge in [-0.15, -0.1) is 0 Å². The molecule has 1 aliphatic heterocycles. The number of anilines is 3. The number of nitrogens with zero attached hydrogens (tertiary/aromatic N) is 3. The van der Waals surface area contributed by atoms with Gasteiger partial charge in [-0.25, -0.2) is 4.98 Å². The Bertz CT molecular complexity index is 679. The molecule has 4 nitrogen and oxygen atoms in total. The molecule has 0 amide bonds. The van der Waals surface area contributed by atoms with Crippen LogP contribution in [0.4, 0.5) is 17.5 Å². The van der Waals surface area contributed by atoms with Gasteiger partial charge >= 0.3 is 0 Å². The van der Waals surface area contributed by atoms with E-state index in [1.807, 2.05) is 38.1 Å². The van der Waals surface area contributed by atoms with Crippen molar-refractivity contribution in [2.45, 2.75) is 39.5 Å². The van der Waals surface area contributed by atoms with Crippen LogP contribution >= 0.6 is 11.6 Å². The molecule has 0 aliphatic carbocycles. The molecule has 5 heteroatoms. The monoisotopic (exact) mass is 330 g/mol. The molecule has 1 aromatic carbocycles. The molecule has 1 aliphatic rings. The van der Waals surface area contributed by atoms with E-state index in [1.165, 1.54) is 25.7 Å². The number of benzene rings is 1. The van der Waals surface area contributed by atoms with Crippen LogP contribution < -0.4 is 10.2 Å². The van der Waals surface area contributed by atoms with Crippen molar-refractivity contribution in [2.24, 2.45) is 0 Å². The molecule has 1 N–H and O–H groups in total. The molecule has 3 rings (SSSR count). The van der Waals surface area contributed by atoms with E-state index >= 15 is 0 Å². The Hall–Kier alpha value is -1.81. The van der Waals surface area contributed by atoms with E-state index in [4.69, 9.17) is 16.6 Å². The summed E-state index contributed by atoms with van der Waals surface area (Å²) in [5.74, 6) is 1.67. The van der Waals surface area contributed by atoms with Gasteiger partial charge in [-0.05, 0) is 50.5 Å². The highest BCUT2D eigenvalue weighted by atomic mass is 35.5. The van der Waals surface area contributed by atoms with E-state index in [2.05, 4.69) is 15.2 Å². The van der Waals surface area contributed by atoms with Gasteiger partial charge in [0.25, 0.3) is 0 Å². The van der Waals surface area contributed by atoms with Gasteiger partial charge in [0.15, 0.2) is 0 Å². The topological polar surface area (TPSA) is 41.1 Å². The van der Waals surface area contributed by atoms with E-state index < -0.39 is 0 Å². The fraction of sp³-hybridized carbons (Fsp3) is 0.444. The number of hydrogen-bond donors (Lipinski definition) is 1. The van der Waals surface area contributed by atoms with E-state index in [0.29, 0.717) is 0 Å². The minimum absolute atomic E-state index is 0.747. The van der Waals surface area contributed by atoms with Crippen molar-refractivity contribution >= 4 is 29.1 Å². The lowest BCUT2D eigenvalue weighted by molar-refractivity contribution is 0.726. The highest BCUT2D eigenvalue weighted by molar-refractivity contribution is 6.30. The van der Waals surface area contributed by atoms with Gasteiger partial charge < -0.3 is 10.2 Å². The average molecular weight is 331 g/mol. The van der Waals surface area contributed by atoms with Gasteiger partial charge in [-0.3, -0.25) is 0 Å². The Kier molecular flexibility index (Phi) is 5.01. The first kappa shape index (κ1) is 16.1. The third-order valence-electron chi connectivity index (χ3n) is 4.18. The molecule has 0 radical (unpaired) electrons. The van der Waals surface area contributed by atoms with Crippen molar-refractivity contribution in [3.63, 3.8) is 0 Å². The molecule has 0 bridgehead atoms. The Labute approximate surface area is 142 Å². The minimum Gasteiger partial charge on any atom is -0.341 e. The Morgan fingerprint density at radius 2 is 1.74 bits per heavy atom. The van der Waals surface area contributed by atoms with Gasteiger partial charge in [-0.2, -0.15) is 4.98 Å². The van der Waals surface area contributed by atoms with Crippen LogP contribution in [-0.2, 0) is 0 Å². The highest BCUT2D eigenvalue weighted by Crippen LogP contribution is 2.24. The fourth-order valence-electron chi connectivity index (χ4n) is 2.93. The average Bonchev–Trinajstić information content (AvgIpc) is 2.79. The van der Waals surface area contributed by atoms with Crippen LogP contribution in [0.25, 0.3) is 0 Å². The highest BCUT2D eigenvalue weighted by Gasteiger charge is 2.14. The normalized spacial score (nSPS) is 15.3. The molecule has 0 saturated carbocycles. The van der Waals surface area contributed by atoms with Crippen LogP contribution in [0.2, 0.25) is 5.02 Å². The standard InChI is InChI=1S/C18H23ClN4/c1-13-11-15(19)7-8-16(13)21-17-12-14(2)20-18(22-17)23-9-5-3-4-6-10-23/h7-8,11-12H,3-6,9-10H2,1-2H3,(H,20,21,22). The third-order valence-corrected chi connectivity index (χ3v) is 4.42. The van der Waals surface area contributed by atoms with Crippen molar-refractivity contribution in [1.29, 1.82) is 0 Å². The van der Waals surface area contributed by atoms with Gasteiger partial charge in [0.05, 0.1) is 0 Å². The number of halogens is 1. The summed E-state index contributed by atoms with van der Waals surface area (Å²) < 4.78 is 0. The van der Waals surface area contributed by atoms with Crippen molar-refractivity contribution in [2.75, 3.05) is 23.3 Å². The first-order valence-corrected chi connectivity index (χ1v) is 8.63. The molecule has 0 unspecified atom stereocenters. The van der Waals surface area contributed by atoms with Crippen molar-refractivity contribution in [3.05, 3.63) is 40.5 Å². The SMILES string of the molecule is Cc1cc(Nc2ccc(Cl)cc2C)nc(N2CCCCCC2)n1. The second kappa shape index (κ2) is 7.18. The summed E-state index contributed by atoms with van der Waals surface area (Å²) in [5.41, 5.74) is 3.10. The van der Waals surface area contributed by atoms with Crippen LogP contribution in [-0.4, -0.2) is 23.1 Å². The summed E-state index contributed by atoms with van der Waals surface area (Å²) in [5, 5.41) is 4.15. The predicted molar refractivity (Wildman–Crippen MR) is 96.9 cm³/mol. The number of rotatable bonds is 3. The zero-order valence-electron chi connectivity index (χ0n) is 13.8. The molecule has 0 spiro atoms. The van der Waals surface area contributed by atoms with E-state index in [-0.39, 0.29) is 0 Å². The third kappa shape index (κ3) is 4.14. The second-order valence-corrected chi connectivity index (χ2v) is 6.62. The molecular weight excluding hydrogens is 308 g/mol. The van der Waals surface area contributed by atoms with Gasteiger partial charge in [0, 0.05) is 35.6 Å². The fourth-order valence-corrected chi connectivity index (χ4v) is 3.16. The number of hydrogen-bond acceptors (Lipinski definition) is 4. The molecule has 122 valence electrons. The summed E-state index contributed by atoms with van der Waals surface area (Å²) in [6, 6.07) is 7.81. The van der Waals surface area contributed by atoms with E-state index in [1.54, 1.807) is 0 Å². The first-order valence-electron chi connectivity index (χ1n) is 8.25. The molecule has 1 aromatic heterocycles. The Morgan fingerprint density at radius 1 is 1.00 bits per heavy atom. The zero-order chi connectivity index (χ0) is 16.2. The van der Waals surface area contributed by atoms with E-state index in [9.17, 15) is 0 Å². The van der Waals surface area contributed by atoms with E-state index in [0.717, 1.165) is 46.8 Å². The summed E-state index contributed by atoms with van der Waals surface area (Å²) in [6.45, 7) is 6.15. The number of aromatic nitrogens is 2. The van der Waals surface area contributed by atoms with Crippen LogP contribution in [0.15, 0.2) is 24.3 Å². The summed E-state index contributed by atoms with van der Waals surface area (Å²) in [6.07, 6.45) is 5.04.